The van der Waals surface area contributed by atoms with Crippen molar-refractivity contribution in [1.29, 1.82) is 0 Å². The van der Waals surface area contributed by atoms with Crippen molar-refractivity contribution in [3.8, 4) is 17.2 Å². The molecule has 0 aromatic heterocycles. The second-order valence-electron chi connectivity index (χ2n) is 8.13. The average Bonchev–Trinajstić information content (AvgIpc) is 2.83. The highest BCUT2D eigenvalue weighted by atomic mass is 16.5. The molecule has 1 aliphatic heterocycles. The van der Waals surface area contributed by atoms with Gasteiger partial charge in [0.2, 0.25) is 5.91 Å². The van der Waals surface area contributed by atoms with Crippen LogP contribution in [0.3, 0.4) is 0 Å². The smallest absolute Gasteiger partial charge is 0.258 e. The van der Waals surface area contributed by atoms with Crippen molar-refractivity contribution in [3.63, 3.8) is 0 Å². The van der Waals surface area contributed by atoms with E-state index in [9.17, 15) is 9.59 Å². The number of nitrogens with zero attached hydrogens (tertiary/aromatic N) is 1. The zero-order valence-corrected chi connectivity index (χ0v) is 19.8. The second-order valence-corrected chi connectivity index (χ2v) is 8.13. The minimum absolute atomic E-state index is 0.121. The molecule has 0 radical (unpaired) electrons. The van der Waals surface area contributed by atoms with Crippen LogP contribution in [0.25, 0.3) is 0 Å². The molecule has 2 aromatic carbocycles. The van der Waals surface area contributed by atoms with E-state index in [0.717, 1.165) is 5.56 Å². The first-order chi connectivity index (χ1) is 15.8. The third-order valence-electron chi connectivity index (χ3n) is 5.87. The van der Waals surface area contributed by atoms with E-state index in [1.807, 2.05) is 37.3 Å². The molecule has 2 amide bonds. The number of methoxy groups -OCH3 is 2. The molecule has 0 aliphatic carbocycles. The Hall–Kier alpha value is -3.48. The molecule has 0 saturated carbocycles. The maximum absolute atomic E-state index is 13.2. The number of hydrogen-bond donors (Lipinski definition) is 1. The minimum atomic E-state index is -0.693. The van der Waals surface area contributed by atoms with Crippen molar-refractivity contribution in [2.45, 2.75) is 44.9 Å². The molecule has 176 valence electrons. The number of carbonyl (C=O) groups is 2. The average molecular weight is 453 g/mol. The molecule has 0 bridgehead atoms. The van der Waals surface area contributed by atoms with Crippen molar-refractivity contribution in [2.24, 2.45) is 0 Å². The van der Waals surface area contributed by atoms with Crippen molar-refractivity contribution in [3.05, 3.63) is 65.7 Å². The molecule has 0 saturated heterocycles. The summed E-state index contributed by atoms with van der Waals surface area (Å²) < 4.78 is 16.9. The highest BCUT2D eigenvalue weighted by molar-refractivity contribution is 5.99. The maximum atomic E-state index is 13.2. The fourth-order valence-corrected chi connectivity index (χ4v) is 3.74. The third kappa shape index (κ3) is 5.66. The number of amides is 2. The first kappa shape index (κ1) is 24.2. The monoisotopic (exact) mass is 452 g/mol. The summed E-state index contributed by atoms with van der Waals surface area (Å²) in [7, 11) is 4.81. The van der Waals surface area contributed by atoms with Crippen LogP contribution >= 0.6 is 0 Å². The van der Waals surface area contributed by atoms with Crippen molar-refractivity contribution in [2.75, 3.05) is 21.3 Å². The molecule has 1 N–H and O–H groups in total. The van der Waals surface area contributed by atoms with Crippen LogP contribution in [0.15, 0.2) is 54.6 Å². The normalized spacial score (nSPS) is 22.9. The molecular weight excluding hydrogens is 420 g/mol. The van der Waals surface area contributed by atoms with E-state index >= 15 is 0 Å². The van der Waals surface area contributed by atoms with Gasteiger partial charge in [0.25, 0.3) is 5.91 Å². The van der Waals surface area contributed by atoms with Crippen LogP contribution in [0.5, 0.6) is 17.2 Å². The van der Waals surface area contributed by atoms with E-state index in [1.54, 1.807) is 52.5 Å². The highest BCUT2D eigenvalue weighted by Crippen LogP contribution is 2.32. The Balaban J connectivity index is 1.96. The first-order valence-electron chi connectivity index (χ1n) is 11.1. The lowest BCUT2D eigenvalue weighted by Gasteiger charge is -2.28. The number of rotatable bonds is 3. The van der Waals surface area contributed by atoms with E-state index < -0.39 is 6.04 Å². The van der Waals surface area contributed by atoms with E-state index in [2.05, 4.69) is 5.32 Å². The molecule has 0 unspecified atom stereocenters. The number of fused-ring (bicyclic) bond motifs is 1. The van der Waals surface area contributed by atoms with Gasteiger partial charge in [-0.1, -0.05) is 24.3 Å². The Kier molecular flexibility index (Phi) is 7.98. The van der Waals surface area contributed by atoms with Gasteiger partial charge in [-0.05, 0) is 44.5 Å². The number of para-hydroxylation sites is 1. The number of nitrogens with one attached hydrogen (secondary N) is 1. The van der Waals surface area contributed by atoms with Gasteiger partial charge in [0.1, 0.15) is 23.3 Å². The van der Waals surface area contributed by atoms with Gasteiger partial charge in [-0.2, -0.15) is 0 Å². The molecule has 3 rings (SSSR count). The predicted octanol–water partition coefficient (Wildman–Crippen LogP) is 4.14. The standard InChI is InChI=1S/C26H32N2O5/c1-17-10-6-8-12-22(20-15-14-19(31-4)16-24(20)32-5)27-25(29)18(2)28(3)26(30)21-11-7-9-13-23(21)33-17/h6-9,11,13-18,22H,10,12H2,1-5H3,(H,27,29)/b8-6+/t17-,18+,22+/m1/s1. The Morgan fingerprint density at radius 3 is 2.45 bits per heavy atom. The summed E-state index contributed by atoms with van der Waals surface area (Å²) in [6, 6.07) is 11.6. The van der Waals surface area contributed by atoms with Gasteiger partial charge in [0.05, 0.1) is 31.9 Å². The predicted molar refractivity (Wildman–Crippen MR) is 127 cm³/mol. The van der Waals surface area contributed by atoms with E-state index in [-0.39, 0.29) is 24.0 Å². The molecule has 33 heavy (non-hydrogen) atoms. The zero-order valence-electron chi connectivity index (χ0n) is 19.8. The van der Waals surface area contributed by atoms with Crippen LogP contribution in [0.1, 0.15) is 48.7 Å². The van der Waals surface area contributed by atoms with Crippen LogP contribution in [-0.4, -0.2) is 50.1 Å². The van der Waals surface area contributed by atoms with E-state index in [0.29, 0.717) is 35.7 Å². The summed E-state index contributed by atoms with van der Waals surface area (Å²) >= 11 is 0. The van der Waals surface area contributed by atoms with Crippen LogP contribution in [0.4, 0.5) is 0 Å². The summed E-state index contributed by atoms with van der Waals surface area (Å²) in [6.07, 6.45) is 5.17. The SMILES string of the molecule is COc1ccc([C@@H]2C/C=C/C[C@@H](C)Oc3ccccc3C(=O)N(C)[C@@H](C)C(=O)N2)c(OC)c1. The molecule has 1 aliphatic rings. The third-order valence-corrected chi connectivity index (χ3v) is 5.87. The quantitative estimate of drug-likeness (QED) is 0.709. The minimum Gasteiger partial charge on any atom is -0.497 e. The van der Waals surface area contributed by atoms with Crippen LogP contribution < -0.4 is 19.5 Å². The Morgan fingerprint density at radius 2 is 1.73 bits per heavy atom. The lowest BCUT2D eigenvalue weighted by atomic mass is 10.0. The van der Waals surface area contributed by atoms with E-state index in [1.165, 1.54) is 4.90 Å². The lowest BCUT2D eigenvalue weighted by Crippen LogP contribution is -2.47. The summed E-state index contributed by atoms with van der Waals surface area (Å²) in [6.45, 7) is 3.68. The fourth-order valence-electron chi connectivity index (χ4n) is 3.74. The number of ether oxygens (including phenoxy) is 3. The largest absolute Gasteiger partial charge is 0.497 e. The Morgan fingerprint density at radius 1 is 1.00 bits per heavy atom. The maximum Gasteiger partial charge on any atom is 0.258 e. The summed E-state index contributed by atoms with van der Waals surface area (Å²) in [5.41, 5.74) is 1.26. The summed E-state index contributed by atoms with van der Waals surface area (Å²) in [5, 5.41) is 3.10. The van der Waals surface area contributed by atoms with E-state index in [4.69, 9.17) is 14.2 Å². The van der Waals surface area contributed by atoms with Gasteiger partial charge in [0.15, 0.2) is 0 Å². The Labute approximate surface area is 195 Å². The van der Waals surface area contributed by atoms with Gasteiger partial charge in [-0.3, -0.25) is 9.59 Å². The van der Waals surface area contributed by atoms with Crippen LogP contribution in [-0.2, 0) is 4.79 Å². The molecular formula is C26H32N2O5. The number of likely N-dealkylation sites (N-methyl/N-ethyl adjacent to an activating group) is 1. The van der Waals surface area contributed by atoms with Crippen LogP contribution in [0.2, 0.25) is 0 Å². The van der Waals surface area contributed by atoms with Crippen LogP contribution in [0, 0.1) is 0 Å². The van der Waals surface area contributed by atoms with Gasteiger partial charge in [-0.25, -0.2) is 0 Å². The molecule has 0 spiro atoms. The molecule has 7 nitrogen and oxygen atoms in total. The number of hydrogen-bond acceptors (Lipinski definition) is 5. The van der Waals surface area contributed by atoms with Crippen molar-refractivity contribution < 1.29 is 23.8 Å². The molecule has 0 fully saturated rings. The summed E-state index contributed by atoms with van der Waals surface area (Å²) in [4.78, 5) is 27.8. The highest BCUT2D eigenvalue weighted by Gasteiger charge is 2.28. The molecule has 2 aromatic rings. The molecule has 1 heterocycles. The lowest BCUT2D eigenvalue weighted by molar-refractivity contribution is -0.125. The van der Waals surface area contributed by atoms with Crippen molar-refractivity contribution >= 4 is 11.8 Å². The molecule has 7 heteroatoms. The van der Waals surface area contributed by atoms with Crippen molar-refractivity contribution in [1.82, 2.24) is 10.2 Å². The summed E-state index contributed by atoms with van der Waals surface area (Å²) in [5.74, 6) is 1.27. The second kappa shape index (κ2) is 10.9. The van der Waals surface area contributed by atoms with Gasteiger partial charge in [0, 0.05) is 25.1 Å². The van der Waals surface area contributed by atoms with Gasteiger partial charge >= 0.3 is 0 Å². The number of carbonyl (C=O) groups excluding carboxylic acids is 2. The fraction of sp³-hybridized carbons (Fsp3) is 0.385. The first-order valence-corrected chi connectivity index (χ1v) is 11.1. The molecule has 3 atom stereocenters. The van der Waals surface area contributed by atoms with Gasteiger partial charge in [-0.15, -0.1) is 0 Å². The zero-order chi connectivity index (χ0) is 24.0. The topological polar surface area (TPSA) is 77.1 Å². The van der Waals surface area contributed by atoms with Gasteiger partial charge < -0.3 is 24.4 Å². The Bertz CT molecular complexity index is 1020. The number of benzene rings is 2.